The largest absolute Gasteiger partial charge is 0.462 e. The predicted octanol–water partition coefficient (Wildman–Crippen LogP) is 5.20. The van der Waals surface area contributed by atoms with Gasteiger partial charge in [-0.05, 0) is 80.4 Å². The summed E-state index contributed by atoms with van der Waals surface area (Å²) in [6, 6.07) is 20.0. The van der Waals surface area contributed by atoms with Gasteiger partial charge in [0.1, 0.15) is 16.9 Å². The van der Waals surface area contributed by atoms with Gasteiger partial charge in [-0.1, -0.05) is 18.2 Å². The minimum absolute atomic E-state index is 0.233. The number of nitrogens with two attached hydrogens (primary N) is 1. The standard InChI is InChI=1S/C28H25N5O3/c1-4-36-28(35)18-9-11-19(12-10-18)30-27(34)23-24-26(32-22-8-6-5-7-21(22)31-24)33(25(23)29)20-14-16(2)13-17(3)15-20/h5-15H,4,29H2,1-3H3,(H,30,34). The molecule has 0 aliphatic heterocycles. The maximum absolute atomic E-state index is 13.5. The maximum atomic E-state index is 13.5. The van der Waals surface area contributed by atoms with Crippen LogP contribution in [0.1, 0.15) is 38.8 Å². The van der Waals surface area contributed by atoms with Crippen LogP contribution < -0.4 is 11.1 Å². The molecule has 0 saturated heterocycles. The second kappa shape index (κ2) is 9.14. The molecule has 0 saturated carbocycles. The second-order valence-electron chi connectivity index (χ2n) is 8.58. The summed E-state index contributed by atoms with van der Waals surface area (Å²) in [5.74, 6) is -0.599. The molecule has 0 spiro atoms. The smallest absolute Gasteiger partial charge is 0.338 e. The lowest BCUT2D eigenvalue weighted by Crippen LogP contribution is -2.15. The first kappa shape index (κ1) is 23.0. The Kier molecular flexibility index (Phi) is 5.85. The Morgan fingerprint density at radius 1 is 0.944 bits per heavy atom. The third kappa shape index (κ3) is 4.13. The van der Waals surface area contributed by atoms with Crippen LogP contribution in [0.5, 0.6) is 0 Å². The van der Waals surface area contributed by atoms with Gasteiger partial charge in [0, 0.05) is 11.4 Å². The molecule has 0 unspecified atom stereocenters. The molecule has 8 heteroatoms. The van der Waals surface area contributed by atoms with E-state index in [0.29, 0.717) is 33.4 Å². The second-order valence-corrected chi connectivity index (χ2v) is 8.58. The van der Waals surface area contributed by atoms with Crippen molar-refractivity contribution in [2.75, 3.05) is 17.7 Å². The first-order valence-corrected chi connectivity index (χ1v) is 11.6. The molecule has 0 fully saturated rings. The number of aromatic nitrogens is 3. The van der Waals surface area contributed by atoms with Crippen LogP contribution in [0.15, 0.2) is 66.7 Å². The van der Waals surface area contributed by atoms with E-state index in [9.17, 15) is 9.59 Å². The fraction of sp³-hybridized carbons (Fsp3) is 0.143. The van der Waals surface area contributed by atoms with E-state index in [-0.39, 0.29) is 18.0 Å². The molecule has 0 atom stereocenters. The number of para-hydroxylation sites is 2. The van der Waals surface area contributed by atoms with E-state index in [0.717, 1.165) is 16.8 Å². The number of fused-ring (bicyclic) bond motifs is 2. The van der Waals surface area contributed by atoms with Crippen molar-refractivity contribution < 1.29 is 14.3 Å². The van der Waals surface area contributed by atoms with Crippen molar-refractivity contribution >= 4 is 45.6 Å². The number of aryl methyl sites for hydroxylation is 2. The first-order valence-electron chi connectivity index (χ1n) is 11.6. The maximum Gasteiger partial charge on any atom is 0.338 e. The highest BCUT2D eigenvalue weighted by Crippen LogP contribution is 2.32. The zero-order valence-electron chi connectivity index (χ0n) is 20.2. The van der Waals surface area contributed by atoms with Gasteiger partial charge in [-0.2, -0.15) is 0 Å². The Hall–Kier alpha value is -4.72. The van der Waals surface area contributed by atoms with Crippen molar-refractivity contribution in [2.45, 2.75) is 20.8 Å². The van der Waals surface area contributed by atoms with Gasteiger partial charge in [0.25, 0.3) is 5.91 Å². The molecule has 5 aromatic rings. The van der Waals surface area contributed by atoms with Gasteiger partial charge < -0.3 is 15.8 Å². The fourth-order valence-electron chi connectivity index (χ4n) is 4.32. The third-order valence-electron chi connectivity index (χ3n) is 5.84. The lowest BCUT2D eigenvalue weighted by atomic mass is 10.1. The molecule has 2 heterocycles. The summed E-state index contributed by atoms with van der Waals surface area (Å²) in [6.07, 6.45) is 0. The van der Waals surface area contributed by atoms with Crippen molar-refractivity contribution in [2.24, 2.45) is 0 Å². The Balaban J connectivity index is 1.63. The van der Waals surface area contributed by atoms with Gasteiger partial charge in [0.2, 0.25) is 0 Å². The van der Waals surface area contributed by atoms with E-state index in [4.69, 9.17) is 20.4 Å². The van der Waals surface area contributed by atoms with Crippen LogP contribution in [0.3, 0.4) is 0 Å². The quantitative estimate of drug-likeness (QED) is 0.335. The number of nitrogen functional groups attached to an aromatic ring is 1. The van der Waals surface area contributed by atoms with Crippen LogP contribution in [0.25, 0.3) is 27.9 Å². The highest BCUT2D eigenvalue weighted by atomic mass is 16.5. The first-order chi connectivity index (χ1) is 17.4. The molecule has 0 radical (unpaired) electrons. The van der Waals surface area contributed by atoms with Crippen LogP contribution in [0, 0.1) is 13.8 Å². The highest BCUT2D eigenvalue weighted by molar-refractivity contribution is 6.16. The Morgan fingerprint density at radius 3 is 2.22 bits per heavy atom. The van der Waals surface area contributed by atoms with Crippen LogP contribution in [0.4, 0.5) is 11.5 Å². The molecule has 36 heavy (non-hydrogen) atoms. The fourth-order valence-corrected chi connectivity index (χ4v) is 4.32. The molecular weight excluding hydrogens is 454 g/mol. The van der Waals surface area contributed by atoms with Gasteiger partial charge in [-0.15, -0.1) is 0 Å². The molecule has 2 aromatic heterocycles. The molecule has 180 valence electrons. The van der Waals surface area contributed by atoms with E-state index in [1.54, 1.807) is 35.8 Å². The SMILES string of the molecule is CCOC(=O)c1ccc(NC(=O)c2c(N)n(-c3cc(C)cc(C)c3)c3nc4ccccc4nc23)cc1. The Bertz CT molecular complexity index is 1620. The monoisotopic (exact) mass is 479 g/mol. The average Bonchev–Trinajstić information content (AvgIpc) is 3.13. The summed E-state index contributed by atoms with van der Waals surface area (Å²) in [4.78, 5) is 35.0. The average molecular weight is 480 g/mol. The summed E-state index contributed by atoms with van der Waals surface area (Å²) in [5, 5.41) is 2.87. The molecule has 1 amide bonds. The number of nitrogens with one attached hydrogen (secondary N) is 1. The summed E-state index contributed by atoms with van der Waals surface area (Å²) >= 11 is 0. The van der Waals surface area contributed by atoms with E-state index < -0.39 is 11.9 Å². The molecule has 0 bridgehead atoms. The molecule has 0 aliphatic carbocycles. The lowest BCUT2D eigenvalue weighted by Gasteiger charge is -2.10. The summed E-state index contributed by atoms with van der Waals surface area (Å²) < 4.78 is 6.79. The van der Waals surface area contributed by atoms with Crippen molar-refractivity contribution in [1.29, 1.82) is 0 Å². The van der Waals surface area contributed by atoms with Gasteiger partial charge >= 0.3 is 5.97 Å². The van der Waals surface area contributed by atoms with Crippen molar-refractivity contribution in [1.82, 2.24) is 14.5 Å². The van der Waals surface area contributed by atoms with Gasteiger partial charge in [-0.3, -0.25) is 9.36 Å². The number of carbonyl (C=O) groups is 2. The topological polar surface area (TPSA) is 112 Å². The van der Waals surface area contributed by atoms with E-state index in [1.807, 2.05) is 50.2 Å². The summed E-state index contributed by atoms with van der Waals surface area (Å²) in [7, 11) is 0. The number of nitrogens with zero attached hydrogens (tertiary/aromatic N) is 3. The van der Waals surface area contributed by atoms with Gasteiger partial charge in [0.15, 0.2) is 5.65 Å². The summed E-state index contributed by atoms with van der Waals surface area (Å²) in [6.45, 7) is 6.05. The predicted molar refractivity (Wildman–Crippen MR) is 141 cm³/mol. The van der Waals surface area contributed by atoms with Crippen LogP contribution >= 0.6 is 0 Å². The molecule has 5 rings (SSSR count). The molecule has 3 N–H and O–H groups in total. The normalized spacial score (nSPS) is 11.1. The number of amides is 1. The molecule has 8 nitrogen and oxygen atoms in total. The minimum atomic E-state index is -0.422. The number of rotatable bonds is 5. The van der Waals surface area contributed by atoms with E-state index >= 15 is 0 Å². The number of esters is 1. The van der Waals surface area contributed by atoms with Crippen molar-refractivity contribution in [3.8, 4) is 5.69 Å². The number of ether oxygens (including phenoxy) is 1. The Labute approximate surface area is 207 Å². The van der Waals surface area contributed by atoms with E-state index in [2.05, 4.69) is 11.4 Å². The highest BCUT2D eigenvalue weighted by Gasteiger charge is 2.25. The number of anilines is 2. The zero-order valence-corrected chi connectivity index (χ0v) is 20.2. The molecule has 3 aromatic carbocycles. The van der Waals surface area contributed by atoms with E-state index in [1.165, 1.54) is 0 Å². The molecular formula is C28H25N5O3. The van der Waals surface area contributed by atoms with Crippen LogP contribution in [0.2, 0.25) is 0 Å². The number of carbonyl (C=O) groups excluding carboxylic acids is 2. The third-order valence-corrected chi connectivity index (χ3v) is 5.84. The number of hydrogen-bond acceptors (Lipinski definition) is 6. The molecule has 0 aliphatic rings. The van der Waals surface area contributed by atoms with Gasteiger partial charge in [-0.25, -0.2) is 14.8 Å². The number of hydrogen-bond donors (Lipinski definition) is 2. The number of benzene rings is 3. The van der Waals surface area contributed by atoms with Crippen molar-refractivity contribution in [3.63, 3.8) is 0 Å². The summed E-state index contributed by atoms with van der Waals surface area (Å²) in [5.41, 5.74) is 13.0. The van der Waals surface area contributed by atoms with Crippen LogP contribution in [-0.2, 0) is 4.74 Å². The Morgan fingerprint density at radius 2 is 1.58 bits per heavy atom. The zero-order chi connectivity index (χ0) is 25.4. The van der Waals surface area contributed by atoms with Gasteiger partial charge in [0.05, 0.1) is 23.2 Å². The van der Waals surface area contributed by atoms with Crippen molar-refractivity contribution in [3.05, 3.63) is 89.0 Å². The minimum Gasteiger partial charge on any atom is -0.462 e. The lowest BCUT2D eigenvalue weighted by molar-refractivity contribution is 0.0526. The van der Waals surface area contributed by atoms with Crippen LogP contribution in [-0.4, -0.2) is 33.0 Å².